The second-order valence-corrected chi connectivity index (χ2v) is 5.61. The Morgan fingerprint density at radius 2 is 1.90 bits per heavy atom. The van der Waals surface area contributed by atoms with Crippen LogP contribution < -0.4 is 16.8 Å². The number of amides is 2. The third-order valence-electron chi connectivity index (χ3n) is 3.07. The Morgan fingerprint density at radius 1 is 1.30 bits per heavy atom. The van der Waals surface area contributed by atoms with E-state index in [1.165, 1.54) is 4.90 Å². The van der Waals surface area contributed by atoms with Gasteiger partial charge >= 0.3 is 0 Å². The van der Waals surface area contributed by atoms with Crippen molar-refractivity contribution in [2.45, 2.75) is 13.8 Å². The lowest BCUT2D eigenvalue weighted by molar-refractivity contribution is -0.125. The van der Waals surface area contributed by atoms with Gasteiger partial charge in [-0.1, -0.05) is 0 Å². The average Bonchev–Trinajstić information content (AvgIpc) is 2.35. The molecule has 20 heavy (non-hydrogen) atoms. The smallest absolute Gasteiger partial charge is 0.255 e. The molecule has 1 aromatic carbocycles. The van der Waals surface area contributed by atoms with Crippen molar-refractivity contribution in [1.29, 1.82) is 0 Å². The van der Waals surface area contributed by atoms with Gasteiger partial charge in [-0.15, -0.1) is 0 Å². The molecule has 2 amide bonds. The van der Waals surface area contributed by atoms with E-state index in [0.717, 1.165) is 0 Å². The number of nitrogens with zero attached hydrogens (tertiary/aromatic N) is 1. The number of nitrogen functional groups attached to an aromatic ring is 1. The molecule has 0 atom stereocenters. The third kappa shape index (κ3) is 3.63. The SMILES string of the molecule is CN(C)C(=O)c1ccc(N)cc1NCC(C)(C)C(N)=O. The number of nitrogens with one attached hydrogen (secondary N) is 1. The Balaban J connectivity index is 3.02. The molecule has 0 aliphatic heterocycles. The molecule has 0 spiro atoms. The van der Waals surface area contributed by atoms with Gasteiger partial charge in [-0.3, -0.25) is 9.59 Å². The first kappa shape index (κ1) is 15.8. The number of carbonyl (C=O) groups is 2. The molecular formula is C14H22N4O2. The van der Waals surface area contributed by atoms with E-state index in [0.29, 0.717) is 23.5 Å². The molecule has 5 N–H and O–H groups in total. The van der Waals surface area contributed by atoms with Crippen LogP contribution in [-0.2, 0) is 4.79 Å². The molecule has 0 saturated heterocycles. The zero-order valence-corrected chi connectivity index (χ0v) is 12.4. The Hall–Kier alpha value is -2.24. The fraction of sp³-hybridized carbons (Fsp3) is 0.429. The predicted octanol–water partition coefficient (Wildman–Crippen LogP) is 0.894. The topological polar surface area (TPSA) is 101 Å². The number of carbonyl (C=O) groups excluding carboxylic acids is 2. The largest absolute Gasteiger partial charge is 0.399 e. The maximum atomic E-state index is 12.1. The summed E-state index contributed by atoms with van der Waals surface area (Å²) in [7, 11) is 3.35. The van der Waals surface area contributed by atoms with Crippen LogP contribution in [0.3, 0.4) is 0 Å². The second-order valence-electron chi connectivity index (χ2n) is 5.61. The summed E-state index contributed by atoms with van der Waals surface area (Å²) in [6.45, 7) is 3.80. The van der Waals surface area contributed by atoms with E-state index >= 15 is 0 Å². The molecule has 0 aliphatic rings. The second kappa shape index (κ2) is 5.81. The molecule has 0 fully saturated rings. The van der Waals surface area contributed by atoms with Gasteiger partial charge in [0, 0.05) is 32.0 Å². The van der Waals surface area contributed by atoms with Gasteiger partial charge in [0.25, 0.3) is 5.91 Å². The fourth-order valence-electron chi connectivity index (χ4n) is 1.54. The molecule has 0 unspecified atom stereocenters. The van der Waals surface area contributed by atoms with Crippen LogP contribution >= 0.6 is 0 Å². The fourth-order valence-corrected chi connectivity index (χ4v) is 1.54. The number of hydrogen-bond donors (Lipinski definition) is 3. The average molecular weight is 278 g/mol. The first-order valence-electron chi connectivity index (χ1n) is 6.30. The van der Waals surface area contributed by atoms with E-state index in [1.54, 1.807) is 46.1 Å². The zero-order chi connectivity index (χ0) is 15.5. The summed E-state index contributed by atoms with van der Waals surface area (Å²) in [6.07, 6.45) is 0. The maximum Gasteiger partial charge on any atom is 0.255 e. The third-order valence-corrected chi connectivity index (χ3v) is 3.07. The highest BCUT2D eigenvalue weighted by molar-refractivity contribution is 6.00. The highest BCUT2D eigenvalue weighted by Gasteiger charge is 2.25. The van der Waals surface area contributed by atoms with E-state index in [9.17, 15) is 9.59 Å². The van der Waals surface area contributed by atoms with E-state index in [4.69, 9.17) is 11.5 Å². The summed E-state index contributed by atoms with van der Waals surface area (Å²) in [5.41, 5.74) is 12.0. The van der Waals surface area contributed by atoms with E-state index in [2.05, 4.69) is 5.32 Å². The lowest BCUT2D eigenvalue weighted by Gasteiger charge is -2.23. The monoisotopic (exact) mass is 278 g/mol. The van der Waals surface area contributed by atoms with Gasteiger partial charge in [0.1, 0.15) is 0 Å². The minimum atomic E-state index is -0.719. The number of rotatable bonds is 5. The molecular weight excluding hydrogens is 256 g/mol. The minimum Gasteiger partial charge on any atom is -0.399 e. The summed E-state index contributed by atoms with van der Waals surface area (Å²) in [4.78, 5) is 24.9. The standard InChI is InChI=1S/C14H22N4O2/c1-14(2,13(16)20)8-17-11-7-9(15)5-6-10(11)12(19)18(3)4/h5-7,17H,8,15H2,1-4H3,(H2,16,20). The van der Waals surface area contributed by atoms with Crippen LogP contribution in [-0.4, -0.2) is 37.4 Å². The van der Waals surface area contributed by atoms with Gasteiger partial charge < -0.3 is 21.7 Å². The van der Waals surface area contributed by atoms with Crippen LogP contribution in [0.2, 0.25) is 0 Å². The first-order chi connectivity index (χ1) is 9.15. The summed E-state index contributed by atoms with van der Waals surface area (Å²) in [5, 5.41) is 3.08. The van der Waals surface area contributed by atoms with Gasteiger partial charge in [-0.2, -0.15) is 0 Å². The molecule has 0 heterocycles. The number of benzene rings is 1. The normalized spacial score (nSPS) is 11.0. The van der Waals surface area contributed by atoms with Crippen LogP contribution in [0.1, 0.15) is 24.2 Å². The predicted molar refractivity (Wildman–Crippen MR) is 80.3 cm³/mol. The van der Waals surface area contributed by atoms with E-state index < -0.39 is 11.3 Å². The molecule has 6 nitrogen and oxygen atoms in total. The van der Waals surface area contributed by atoms with Crippen molar-refractivity contribution >= 4 is 23.2 Å². The molecule has 0 aromatic heterocycles. The molecule has 0 aliphatic carbocycles. The van der Waals surface area contributed by atoms with Gasteiger partial charge in [0.05, 0.1) is 11.0 Å². The van der Waals surface area contributed by atoms with Crippen molar-refractivity contribution in [3.05, 3.63) is 23.8 Å². The molecule has 6 heteroatoms. The Kier molecular flexibility index (Phi) is 4.60. The lowest BCUT2D eigenvalue weighted by Crippen LogP contribution is -2.37. The van der Waals surface area contributed by atoms with Crippen LogP contribution in [0.4, 0.5) is 11.4 Å². The van der Waals surface area contributed by atoms with Crippen LogP contribution in [0, 0.1) is 5.41 Å². The van der Waals surface area contributed by atoms with Crippen LogP contribution in [0.25, 0.3) is 0 Å². The van der Waals surface area contributed by atoms with Gasteiger partial charge in [0.2, 0.25) is 5.91 Å². The van der Waals surface area contributed by atoms with Crippen LogP contribution in [0.15, 0.2) is 18.2 Å². The number of anilines is 2. The molecule has 0 radical (unpaired) electrons. The van der Waals surface area contributed by atoms with Gasteiger partial charge in [-0.25, -0.2) is 0 Å². The Morgan fingerprint density at radius 3 is 2.40 bits per heavy atom. The Labute approximate surface area is 119 Å². The van der Waals surface area contributed by atoms with Gasteiger partial charge in [-0.05, 0) is 32.0 Å². The summed E-state index contributed by atoms with van der Waals surface area (Å²) >= 11 is 0. The molecule has 0 saturated carbocycles. The molecule has 0 bridgehead atoms. The van der Waals surface area contributed by atoms with Crippen molar-refractivity contribution in [2.75, 3.05) is 31.7 Å². The molecule has 1 aromatic rings. The van der Waals surface area contributed by atoms with Gasteiger partial charge in [0.15, 0.2) is 0 Å². The number of nitrogens with two attached hydrogens (primary N) is 2. The first-order valence-corrected chi connectivity index (χ1v) is 6.30. The maximum absolute atomic E-state index is 12.1. The van der Waals surface area contributed by atoms with E-state index in [1.807, 2.05) is 0 Å². The number of hydrogen-bond acceptors (Lipinski definition) is 4. The van der Waals surface area contributed by atoms with E-state index in [-0.39, 0.29) is 5.91 Å². The van der Waals surface area contributed by atoms with Crippen molar-refractivity contribution < 1.29 is 9.59 Å². The van der Waals surface area contributed by atoms with Crippen molar-refractivity contribution in [3.8, 4) is 0 Å². The quantitative estimate of drug-likeness (QED) is 0.696. The molecule has 110 valence electrons. The highest BCUT2D eigenvalue weighted by Crippen LogP contribution is 2.23. The zero-order valence-electron chi connectivity index (χ0n) is 12.4. The summed E-state index contributed by atoms with van der Waals surface area (Å²) in [5.74, 6) is -0.543. The number of primary amides is 1. The Bertz CT molecular complexity index is 524. The van der Waals surface area contributed by atoms with Crippen molar-refractivity contribution in [1.82, 2.24) is 4.90 Å². The lowest BCUT2D eigenvalue weighted by atomic mass is 9.92. The highest BCUT2D eigenvalue weighted by atomic mass is 16.2. The molecule has 1 rings (SSSR count). The summed E-state index contributed by atoms with van der Waals surface area (Å²) < 4.78 is 0. The van der Waals surface area contributed by atoms with Crippen molar-refractivity contribution in [2.24, 2.45) is 11.1 Å². The van der Waals surface area contributed by atoms with Crippen LogP contribution in [0.5, 0.6) is 0 Å². The minimum absolute atomic E-state index is 0.135. The van der Waals surface area contributed by atoms with Crippen molar-refractivity contribution in [3.63, 3.8) is 0 Å². The summed E-state index contributed by atoms with van der Waals surface area (Å²) in [6, 6.07) is 5.01.